The standard InChI is InChI=1S/C59H42BN5/c1-8-22-43(23-9-1)54-42-57-58-59(61-54)65(49-34-20-7-21-35-49)56-41-51(63(46-28-14-4-15-29-46)47-30-16-5-17-31-47)37-39-53(56)60(58)52-38-36-50(40-55(52)64(57)48-32-18-6-19-33-48)62(44-24-10-2-11-25-44)45-26-12-3-13-27-45/h1-42H. The smallest absolute Gasteiger partial charge is 0.254 e. The second-order valence-electron chi connectivity index (χ2n) is 16.4. The van der Waals surface area contributed by atoms with Crippen LogP contribution in [0, 0.1) is 0 Å². The van der Waals surface area contributed by atoms with E-state index < -0.39 is 0 Å². The van der Waals surface area contributed by atoms with Gasteiger partial charge < -0.3 is 14.7 Å². The van der Waals surface area contributed by atoms with Gasteiger partial charge in [0.2, 0.25) is 0 Å². The fourth-order valence-corrected chi connectivity index (χ4v) is 9.75. The van der Waals surface area contributed by atoms with Gasteiger partial charge in [0.1, 0.15) is 5.82 Å². The van der Waals surface area contributed by atoms with E-state index in [1.807, 2.05) is 0 Å². The van der Waals surface area contributed by atoms with Crippen LogP contribution in [-0.2, 0) is 0 Å². The quantitative estimate of drug-likeness (QED) is 0.135. The predicted octanol–water partition coefficient (Wildman–Crippen LogP) is 13.8. The van der Waals surface area contributed by atoms with Gasteiger partial charge in [-0.2, -0.15) is 0 Å². The Bertz CT molecular complexity index is 2990. The molecule has 10 aromatic rings. The highest BCUT2D eigenvalue weighted by molar-refractivity contribution is 7.00. The highest BCUT2D eigenvalue weighted by atomic mass is 15.2. The van der Waals surface area contributed by atoms with Crippen molar-refractivity contribution < 1.29 is 0 Å². The molecule has 5 nitrogen and oxygen atoms in total. The van der Waals surface area contributed by atoms with Crippen molar-refractivity contribution in [2.24, 2.45) is 0 Å². The number of anilines is 12. The molecular formula is C59H42BN5. The fourth-order valence-electron chi connectivity index (χ4n) is 9.75. The Labute approximate surface area is 380 Å². The van der Waals surface area contributed by atoms with Gasteiger partial charge in [0, 0.05) is 68.1 Å². The lowest BCUT2D eigenvalue weighted by molar-refractivity contribution is 1.17. The molecule has 0 aliphatic carbocycles. The monoisotopic (exact) mass is 831 g/mol. The molecule has 2 aliphatic rings. The van der Waals surface area contributed by atoms with E-state index in [-0.39, 0.29) is 6.71 Å². The van der Waals surface area contributed by atoms with Gasteiger partial charge in [-0.25, -0.2) is 4.98 Å². The van der Waals surface area contributed by atoms with E-state index >= 15 is 0 Å². The van der Waals surface area contributed by atoms with E-state index in [9.17, 15) is 0 Å². The highest BCUT2D eigenvalue weighted by Gasteiger charge is 2.45. The molecule has 12 rings (SSSR count). The van der Waals surface area contributed by atoms with E-state index in [1.54, 1.807) is 0 Å². The Hall–Kier alpha value is -8.61. The molecule has 65 heavy (non-hydrogen) atoms. The molecule has 0 radical (unpaired) electrons. The molecule has 3 heterocycles. The maximum atomic E-state index is 5.73. The van der Waals surface area contributed by atoms with Crippen LogP contribution >= 0.6 is 0 Å². The number of pyridine rings is 1. The largest absolute Gasteiger partial charge is 0.311 e. The predicted molar refractivity (Wildman–Crippen MR) is 273 cm³/mol. The Balaban J connectivity index is 1.16. The second-order valence-corrected chi connectivity index (χ2v) is 16.4. The minimum absolute atomic E-state index is 0.130. The molecule has 0 atom stereocenters. The topological polar surface area (TPSA) is 25.9 Å². The van der Waals surface area contributed by atoms with E-state index in [1.165, 1.54) is 16.4 Å². The van der Waals surface area contributed by atoms with Crippen molar-refractivity contribution >= 4 is 91.5 Å². The summed E-state index contributed by atoms with van der Waals surface area (Å²) in [6.45, 7) is -0.130. The first-order valence-electron chi connectivity index (χ1n) is 22.2. The van der Waals surface area contributed by atoms with Gasteiger partial charge >= 0.3 is 0 Å². The van der Waals surface area contributed by atoms with Crippen LogP contribution in [0.5, 0.6) is 0 Å². The summed E-state index contributed by atoms with van der Waals surface area (Å²) in [5.41, 5.74) is 17.5. The number of para-hydroxylation sites is 6. The van der Waals surface area contributed by atoms with Crippen molar-refractivity contribution in [3.63, 3.8) is 0 Å². The Kier molecular flexibility index (Phi) is 9.53. The van der Waals surface area contributed by atoms with Crippen LogP contribution in [0.4, 0.5) is 68.4 Å². The summed E-state index contributed by atoms with van der Waals surface area (Å²) in [5.74, 6) is 0.916. The molecule has 0 saturated heterocycles. The van der Waals surface area contributed by atoms with Crippen molar-refractivity contribution in [3.05, 3.63) is 255 Å². The molecule has 0 spiro atoms. The van der Waals surface area contributed by atoms with Crippen LogP contribution in [0.25, 0.3) is 11.3 Å². The maximum Gasteiger partial charge on any atom is 0.254 e. The van der Waals surface area contributed by atoms with Gasteiger partial charge in [-0.1, -0.05) is 152 Å². The number of aromatic nitrogens is 1. The molecule has 0 saturated carbocycles. The Morgan fingerprint density at radius 3 is 1.12 bits per heavy atom. The molecule has 0 fully saturated rings. The van der Waals surface area contributed by atoms with Gasteiger partial charge in [0.25, 0.3) is 6.71 Å². The zero-order valence-corrected chi connectivity index (χ0v) is 35.6. The number of hydrogen-bond acceptors (Lipinski definition) is 5. The zero-order chi connectivity index (χ0) is 43.1. The third-order valence-corrected chi connectivity index (χ3v) is 12.6. The molecule has 9 aromatic carbocycles. The lowest BCUT2D eigenvalue weighted by Crippen LogP contribution is -2.61. The molecule has 0 amide bonds. The Morgan fingerprint density at radius 1 is 0.323 bits per heavy atom. The highest BCUT2D eigenvalue weighted by Crippen LogP contribution is 2.47. The van der Waals surface area contributed by atoms with Crippen LogP contribution in [-0.4, -0.2) is 11.7 Å². The first-order valence-corrected chi connectivity index (χ1v) is 22.2. The van der Waals surface area contributed by atoms with E-state index in [0.29, 0.717) is 0 Å². The summed E-state index contributed by atoms with van der Waals surface area (Å²) < 4.78 is 0. The molecule has 306 valence electrons. The average Bonchev–Trinajstić information content (AvgIpc) is 3.38. The van der Waals surface area contributed by atoms with Crippen LogP contribution in [0.3, 0.4) is 0 Å². The lowest BCUT2D eigenvalue weighted by Gasteiger charge is -2.44. The van der Waals surface area contributed by atoms with Crippen LogP contribution < -0.4 is 36.0 Å². The summed E-state index contributed by atoms with van der Waals surface area (Å²) >= 11 is 0. The lowest BCUT2D eigenvalue weighted by atomic mass is 9.33. The third-order valence-electron chi connectivity index (χ3n) is 12.6. The average molecular weight is 832 g/mol. The number of fused-ring (bicyclic) bond motifs is 4. The fraction of sp³-hybridized carbons (Fsp3) is 0. The Morgan fingerprint density at radius 2 is 0.692 bits per heavy atom. The van der Waals surface area contributed by atoms with Crippen molar-refractivity contribution in [2.75, 3.05) is 19.6 Å². The summed E-state index contributed by atoms with van der Waals surface area (Å²) in [7, 11) is 0. The molecule has 1 aromatic heterocycles. The van der Waals surface area contributed by atoms with Gasteiger partial charge in [-0.15, -0.1) is 0 Å². The normalized spacial score (nSPS) is 12.2. The van der Waals surface area contributed by atoms with Gasteiger partial charge in [-0.05, 0) is 120 Å². The first kappa shape index (κ1) is 38.1. The van der Waals surface area contributed by atoms with E-state index in [4.69, 9.17) is 4.98 Å². The molecule has 2 aliphatic heterocycles. The first-order chi connectivity index (χ1) is 32.3. The molecule has 0 unspecified atom stereocenters. The number of hydrogen-bond donors (Lipinski definition) is 0. The third kappa shape index (κ3) is 6.71. The zero-order valence-electron chi connectivity index (χ0n) is 35.6. The molecule has 0 N–H and O–H groups in total. The van der Waals surface area contributed by atoms with Gasteiger partial charge in [-0.3, -0.25) is 4.90 Å². The van der Waals surface area contributed by atoms with Crippen molar-refractivity contribution in [1.29, 1.82) is 0 Å². The number of nitrogens with zero attached hydrogens (tertiary/aromatic N) is 5. The van der Waals surface area contributed by atoms with Crippen molar-refractivity contribution in [1.82, 2.24) is 4.98 Å². The van der Waals surface area contributed by atoms with Crippen LogP contribution in [0.15, 0.2) is 255 Å². The van der Waals surface area contributed by atoms with Crippen LogP contribution in [0.1, 0.15) is 0 Å². The molecule has 6 heteroatoms. The maximum absolute atomic E-state index is 5.73. The minimum Gasteiger partial charge on any atom is -0.311 e. The molecule has 0 bridgehead atoms. The molecular weight excluding hydrogens is 789 g/mol. The SMILES string of the molecule is c1ccc(-c2cc3c4c(n2)N(c2ccccc2)c2cc(N(c5ccccc5)c5ccccc5)ccc2B4c2ccc(N(c4ccccc4)c4ccccc4)cc2N3c2ccccc2)cc1. The van der Waals surface area contributed by atoms with Gasteiger partial charge in [0.15, 0.2) is 0 Å². The number of rotatable bonds is 9. The summed E-state index contributed by atoms with van der Waals surface area (Å²) in [5, 5.41) is 0. The summed E-state index contributed by atoms with van der Waals surface area (Å²) in [6.07, 6.45) is 0. The number of benzene rings is 9. The summed E-state index contributed by atoms with van der Waals surface area (Å²) in [4.78, 5) is 15.3. The second kappa shape index (κ2) is 16.3. The van der Waals surface area contributed by atoms with Gasteiger partial charge in [0.05, 0.1) is 5.69 Å². The van der Waals surface area contributed by atoms with Crippen molar-refractivity contribution in [2.45, 2.75) is 0 Å². The summed E-state index contributed by atoms with van der Waals surface area (Å²) in [6, 6.07) is 91.1. The van der Waals surface area contributed by atoms with Crippen LogP contribution in [0.2, 0.25) is 0 Å². The minimum atomic E-state index is -0.130. The van der Waals surface area contributed by atoms with E-state index in [0.717, 1.165) is 79.6 Å². The van der Waals surface area contributed by atoms with Crippen molar-refractivity contribution in [3.8, 4) is 11.3 Å². The van der Waals surface area contributed by atoms with E-state index in [2.05, 4.69) is 274 Å².